The smallest absolute Gasteiger partial charge is 0.272 e. The van der Waals surface area contributed by atoms with Crippen LogP contribution in [0.5, 0.6) is 0 Å². The number of nitrogens with one attached hydrogen (secondary N) is 1. The second-order valence-corrected chi connectivity index (χ2v) is 5.66. The van der Waals surface area contributed by atoms with Gasteiger partial charge in [0.25, 0.3) is 5.69 Å². The van der Waals surface area contributed by atoms with E-state index in [0.29, 0.717) is 18.6 Å². The number of nitrogens with zero attached hydrogens (tertiary/aromatic N) is 1. The molecule has 1 aliphatic heterocycles. The molecule has 20 heavy (non-hydrogen) atoms. The van der Waals surface area contributed by atoms with Crippen LogP contribution in [0.25, 0.3) is 0 Å². The first-order valence-electron chi connectivity index (χ1n) is 7.33. The number of ether oxygens (including phenoxy) is 1. The van der Waals surface area contributed by atoms with Gasteiger partial charge < -0.3 is 10.1 Å². The average Bonchev–Trinajstić information content (AvgIpc) is 3.19. The molecule has 1 saturated heterocycles. The molecule has 2 atom stereocenters. The van der Waals surface area contributed by atoms with Crippen molar-refractivity contribution in [1.82, 2.24) is 5.32 Å². The van der Waals surface area contributed by atoms with E-state index in [4.69, 9.17) is 4.74 Å². The zero-order chi connectivity index (χ0) is 13.9. The van der Waals surface area contributed by atoms with Crippen molar-refractivity contribution in [2.45, 2.75) is 37.8 Å². The van der Waals surface area contributed by atoms with Crippen LogP contribution >= 0.6 is 0 Å². The molecule has 0 radical (unpaired) electrons. The fourth-order valence-corrected chi connectivity index (χ4v) is 3.01. The molecule has 1 aromatic carbocycles. The topological polar surface area (TPSA) is 64.4 Å². The Morgan fingerprint density at radius 1 is 1.30 bits per heavy atom. The van der Waals surface area contributed by atoms with Crippen molar-refractivity contribution in [3.05, 3.63) is 39.9 Å². The van der Waals surface area contributed by atoms with Crippen molar-refractivity contribution in [2.75, 3.05) is 13.2 Å². The van der Waals surface area contributed by atoms with E-state index >= 15 is 0 Å². The van der Waals surface area contributed by atoms with Crippen LogP contribution in [0.3, 0.4) is 0 Å². The molecular weight excluding hydrogens is 256 g/mol. The highest BCUT2D eigenvalue weighted by molar-refractivity contribution is 5.39. The quantitative estimate of drug-likeness (QED) is 0.639. The zero-order valence-electron chi connectivity index (χ0n) is 11.5. The Morgan fingerprint density at radius 2 is 2.10 bits per heavy atom. The van der Waals surface area contributed by atoms with Gasteiger partial charge in [0.05, 0.1) is 11.0 Å². The van der Waals surface area contributed by atoms with Crippen LogP contribution in [0.2, 0.25) is 0 Å². The number of hydrogen-bond acceptors (Lipinski definition) is 4. The van der Waals surface area contributed by atoms with Gasteiger partial charge in [-0.05, 0) is 38.1 Å². The monoisotopic (exact) mass is 276 g/mol. The van der Waals surface area contributed by atoms with Crippen LogP contribution in [-0.4, -0.2) is 30.2 Å². The maximum Gasteiger partial charge on any atom is 0.272 e. The Bertz CT molecular complexity index is 488. The number of nitro groups is 1. The van der Waals surface area contributed by atoms with E-state index in [1.54, 1.807) is 12.1 Å². The first-order valence-corrected chi connectivity index (χ1v) is 7.33. The van der Waals surface area contributed by atoms with Crippen molar-refractivity contribution in [3.8, 4) is 0 Å². The lowest BCUT2D eigenvalue weighted by atomic mass is 10.1. The van der Waals surface area contributed by atoms with Gasteiger partial charge in [-0.15, -0.1) is 0 Å². The minimum atomic E-state index is -0.305. The first kappa shape index (κ1) is 13.5. The number of benzene rings is 1. The third-order valence-corrected chi connectivity index (χ3v) is 4.21. The number of nitro benzene ring substituents is 1. The SMILES string of the molecule is O=[N+]([O-])c1ccccc1CCNC1CCOC1C1CC1. The summed E-state index contributed by atoms with van der Waals surface area (Å²) < 4.78 is 5.78. The van der Waals surface area contributed by atoms with Gasteiger partial charge in [-0.2, -0.15) is 0 Å². The number of hydrogen-bond donors (Lipinski definition) is 1. The standard InChI is InChI=1S/C15H20N2O3/c18-17(19)14-4-2-1-3-11(14)7-9-16-13-8-10-20-15(13)12-5-6-12/h1-4,12-13,15-16H,5-10H2. The summed E-state index contributed by atoms with van der Waals surface area (Å²) in [6, 6.07) is 7.40. The van der Waals surface area contributed by atoms with Gasteiger partial charge in [-0.1, -0.05) is 18.2 Å². The molecule has 2 unspecified atom stereocenters. The van der Waals surface area contributed by atoms with Crippen LogP contribution in [0.1, 0.15) is 24.8 Å². The highest BCUT2D eigenvalue weighted by Crippen LogP contribution is 2.38. The second kappa shape index (κ2) is 5.89. The summed E-state index contributed by atoms with van der Waals surface area (Å²) in [6.07, 6.45) is 4.67. The van der Waals surface area contributed by atoms with Gasteiger partial charge in [0.1, 0.15) is 0 Å². The van der Waals surface area contributed by atoms with Crippen LogP contribution < -0.4 is 5.32 Å². The lowest BCUT2D eigenvalue weighted by Gasteiger charge is -2.19. The van der Waals surface area contributed by atoms with Gasteiger partial charge in [0.15, 0.2) is 0 Å². The summed E-state index contributed by atoms with van der Waals surface area (Å²) in [5.41, 5.74) is 1.02. The number of para-hydroxylation sites is 1. The van der Waals surface area contributed by atoms with E-state index in [1.807, 2.05) is 12.1 Å². The maximum absolute atomic E-state index is 11.0. The van der Waals surface area contributed by atoms with Gasteiger partial charge in [0.2, 0.25) is 0 Å². The van der Waals surface area contributed by atoms with Gasteiger partial charge in [0, 0.05) is 24.3 Å². The Morgan fingerprint density at radius 3 is 2.85 bits per heavy atom. The first-order chi connectivity index (χ1) is 9.75. The number of rotatable bonds is 6. The molecule has 5 heteroatoms. The van der Waals surface area contributed by atoms with E-state index in [9.17, 15) is 10.1 Å². The Balaban J connectivity index is 1.53. The van der Waals surface area contributed by atoms with E-state index in [2.05, 4.69) is 5.32 Å². The van der Waals surface area contributed by atoms with E-state index in [-0.39, 0.29) is 10.6 Å². The van der Waals surface area contributed by atoms with Crippen LogP contribution in [0, 0.1) is 16.0 Å². The van der Waals surface area contributed by atoms with Crippen LogP contribution in [-0.2, 0) is 11.2 Å². The molecule has 2 fully saturated rings. The van der Waals surface area contributed by atoms with Crippen molar-refractivity contribution in [3.63, 3.8) is 0 Å². The van der Waals surface area contributed by atoms with Gasteiger partial charge in [-0.3, -0.25) is 10.1 Å². The van der Waals surface area contributed by atoms with Crippen molar-refractivity contribution < 1.29 is 9.66 Å². The normalized spacial score (nSPS) is 25.8. The molecule has 0 bridgehead atoms. The molecule has 0 spiro atoms. The maximum atomic E-state index is 11.0. The molecule has 108 valence electrons. The van der Waals surface area contributed by atoms with Crippen molar-refractivity contribution >= 4 is 5.69 Å². The second-order valence-electron chi connectivity index (χ2n) is 5.66. The summed E-state index contributed by atoms with van der Waals surface area (Å²) in [4.78, 5) is 10.7. The lowest BCUT2D eigenvalue weighted by Crippen LogP contribution is -2.38. The zero-order valence-corrected chi connectivity index (χ0v) is 11.5. The minimum absolute atomic E-state index is 0.218. The largest absolute Gasteiger partial charge is 0.376 e. The summed E-state index contributed by atoms with van der Waals surface area (Å²) in [7, 11) is 0. The molecule has 1 aliphatic carbocycles. The molecule has 3 rings (SSSR count). The third kappa shape index (κ3) is 2.99. The van der Waals surface area contributed by atoms with E-state index in [0.717, 1.165) is 31.1 Å². The highest BCUT2D eigenvalue weighted by Gasteiger charge is 2.40. The van der Waals surface area contributed by atoms with Crippen molar-refractivity contribution in [1.29, 1.82) is 0 Å². The molecule has 1 aromatic rings. The molecule has 0 aromatic heterocycles. The van der Waals surface area contributed by atoms with Crippen LogP contribution in [0.4, 0.5) is 5.69 Å². The lowest BCUT2D eigenvalue weighted by molar-refractivity contribution is -0.385. The third-order valence-electron chi connectivity index (χ3n) is 4.21. The fraction of sp³-hybridized carbons (Fsp3) is 0.600. The Labute approximate surface area is 118 Å². The summed E-state index contributed by atoms with van der Waals surface area (Å²) in [6.45, 7) is 1.60. The highest BCUT2D eigenvalue weighted by atomic mass is 16.6. The van der Waals surface area contributed by atoms with E-state index in [1.165, 1.54) is 12.8 Å². The predicted molar refractivity (Wildman–Crippen MR) is 75.7 cm³/mol. The van der Waals surface area contributed by atoms with E-state index < -0.39 is 0 Å². The summed E-state index contributed by atoms with van der Waals surface area (Å²) >= 11 is 0. The molecule has 1 N–H and O–H groups in total. The fourth-order valence-electron chi connectivity index (χ4n) is 3.01. The summed E-state index contributed by atoms with van der Waals surface area (Å²) in [5, 5.41) is 14.5. The molecule has 2 aliphatic rings. The predicted octanol–water partition coefficient (Wildman–Crippen LogP) is 2.29. The molecule has 0 amide bonds. The van der Waals surface area contributed by atoms with Crippen molar-refractivity contribution in [2.24, 2.45) is 5.92 Å². The Kier molecular flexibility index (Phi) is 3.98. The minimum Gasteiger partial charge on any atom is -0.376 e. The Hall–Kier alpha value is -1.46. The van der Waals surface area contributed by atoms with Crippen LogP contribution in [0.15, 0.2) is 24.3 Å². The molecular formula is C15H20N2O3. The molecule has 5 nitrogen and oxygen atoms in total. The van der Waals surface area contributed by atoms with Gasteiger partial charge in [-0.25, -0.2) is 0 Å². The molecule has 1 heterocycles. The van der Waals surface area contributed by atoms with Gasteiger partial charge >= 0.3 is 0 Å². The average molecular weight is 276 g/mol. The molecule has 1 saturated carbocycles. The summed E-state index contributed by atoms with van der Waals surface area (Å²) in [5.74, 6) is 0.737.